The number of hydrogen-bond acceptors (Lipinski definition) is 4. The fourth-order valence-corrected chi connectivity index (χ4v) is 2.49. The quantitative estimate of drug-likeness (QED) is 0.827. The monoisotopic (exact) mass is 342 g/mol. The van der Waals surface area contributed by atoms with Gasteiger partial charge < -0.3 is 14.0 Å². The third-order valence-corrected chi connectivity index (χ3v) is 3.61. The molecule has 24 heavy (non-hydrogen) atoms. The number of rotatable bonds is 2. The summed E-state index contributed by atoms with van der Waals surface area (Å²) >= 11 is 0. The number of alkyl halides is 3. The van der Waals surface area contributed by atoms with Gasteiger partial charge in [-0.3, -0.25) is 9.36 Å². The zero-order valence-corrected chi connectivity index (χ0v) is 12.6. The van der Waals surface area contributed by atoms with Crippen LogP contribution in [0.4, 0.5) is 13.2 Å². The number of hydrogen-bond donors (Lipinski definition) is 0. The van der Waals surface area contributed by atoms with Gasteiger partial charge in [0.25, 0.3) is 5.56 Å². The summed E-state index contributed by atoms with van der Waals surface area (Å²) in [4.78, 5) is 24.2. The van der Waals surface area contributed by atoms with Gasteiger partial charge in [-0.1, -0.05) is 12.1 Å². The van der Waals surface area contributed by atoms with Crippen LogP contribution in [0, 0.1) is 0 Å². The Labute approximate surface area is 133 Å². The van der Waals surface area contributed by atoms with E-state index in [0.717, 1.165) is 11.6 Å². The number of nitrogens with zero attached hydrogens (tertiary/aromatic N) is 2. The zero-order chi connectivity index (χ0) is 17.5. The van der Waals surface area contributed by atoms with Gasteiger partial charge in [0.1, 0.15) is 18.8 Å². The van der Waals surface area contributed by atoms with E-state index in [4.69, 9.17) is 9.47 Å². The third kappa shape index (κ3) is 2.77. The molecule has 0 N–H and O–H groups in total. The van der Waals surface area contributed by atoms with E-state index >= 15 is 0 Å². The fourth-order valence-electron chi connectivity index (χ4n) is 2.49. The molecule has 1 aromatic carbocycles. The average Bonchev–Trinajstić information content (AvgIpc) is 2.54. The number of aryl methyl sites for hydroxylation is 1. The van der Waals surface area contributed by atoms with Crippen LogP contribution in [-0.4, -0.2) is 22.3 Å². The summed E-state index contributed by atoms with van der Waals surface area (Å²) in [7, 11) is 1.16. The molecule has 0 saturated carbocycles. The molecule has 1 aromatic heterocycles. The second kappa shape index (κ2) is 5.73. The van der Waals surface area contributed by atoms with Crippen LogP contribution < -0.4 is 20.7 Å². The number of halogens is 3. The van der Waals surface area contributed by atoms with Crippen molar-refractivity contribution < 1.29 is 22.6 Å². The van der Waals surface area contributed by atoms with Crippen molar-refractivity contribution in [3.05, 3.63) is 56.4 Å². The van der Waals surface area contributed by atoms with E-state index in [1.54, 1.807) is 18.2 Å². The lowest BCUT2D eigenvalue weighted by Crippen LogP contribution is -2.42. The molecule has 0 unspecified atom stereocenters. The summed E-state index contributed by atoms with van der Waals surface area (Å²) in [5.74, 6) is 0.755. The molecule has 6 nitrogen and oxygen atoms in total. The van der Waals surface area contributed by atoms with Gasteiger partial charge in [-0.25, -0.2) is 4.79 Å². The van der Waals surface area contributed by atoms with Crippen LogP contribution in [0.15, 0.2) is 34.0 Å². The van der Waals surface area contributed by atoms with Crippen molar-refractivity contribution >= 4 is 0 Å². The van der Waals surface area contributed by atoms with E-state index in [2.05, 4.69) is 0 Å². The first-order valence-electron chi connectivity index (χ1n) is 7.04. The van der Waals surface area contributed by atoms with Crippen molar-refractivity contribution in [3.8, 4) is 11.5 Å². The molecule has 128 valence electrons. The predicted molar refractivity (Wildman–Crippen MR) is 77.5 cm³/mol. The lowest BCUT2D eigenvalue weighted by Gasteiger charge is -2.21. The van der Waals surface area contributed by atoms with Gasteiger partial charge in [-0.15, -0.1) is 0 Å². The van der Waals surface area contributed by atoms with E-state index in [1.807, 2.05) is 0 Å². The third-order valence-electron chi connectivity index (χ3n) is 3.61. The maximum Gasteiger partial charge on any atom is 0.423 e. The molecule has 1 aliphatic rings. The molecular formula is C15H13F3N2O4. The summed E-state index contributed by atoms with van der Waals surface area (Å²) < 4.78 is 51.1. The minimum atomic E-state index is -4.85. The van der Waals surface area contributed by atoms with E-state index in [-0.39, 0.29) is 13.2 Å². The highest BCUT2D eigenvalue weighted by atomic mass is 19.4. The van der Waals surface area contributed by atoms with Crippen molar-refractivity contribution in [2.24, 2.45) is 7.05 Å². The van der Waals surface area contributed by atoms with E-state index < -0.39 is 23.0 Å². The Morgan fingerprint density at radius 3 is 2.58 bits per heavy atom. The lowest BCUT2D eigenvalue weighted by atomic mass is 10.1. The van der Waals surface area contributed by atoms with E-state index in [9.17, 15) is 22.8 Å². The van der Waals surface area contributed by atoms with Gasteiger partial charge >= 0.3 is 11.9 Å². The van der Waals surface area contributed by atoms with Crippen molar-refractivity contribution in [2.75, 3.05) is 13.2 Å². The Bertz CT molecular complexity index is 899. The molecule has 0 spiro atoms. The van der Waals surface area contributed by atoms with Gasteiger partial charge in [0, 0.05) is 18.8 Å². The first-order valence-corrected chi connectivity index (χ1v) is 7.04. The van der Waals surface area contributed by atoms with Crippen LogP contribution in [0.5, 0.6) is 11.5 Å². The van der Waals surface area contributed by atoms with Gasteiger partial charge in [0.2, 0.25) is 0 Å². The highest BCUT2D eigenvalue weighted by Crippen LogP contribution is 2.33. The molecule has 0 saturated heterocycles. The summed E-state index contributed by atoms with van der Waals surface area (Å²) in [6.45, 7) is 0.281. The first kappa shape index (κ1) is 16.2. The molecule has 2 heterocycles. The fraction of sp³-hybridized carbons (Fsp3) is 0.333. The average molecular weight is 342 g/mol. The van der Waals surface area contributed by atoms with Gasteiger partial charge in [0.15, 0.2) is 11.5 Å². The van der Waals surface area contributed by atoms with Crippen LogP contribution in [0.2, 0.25) is 0 Å². The number of para-hydroxylation sites is 1. The molecular weight excluding hydrogens is 329 g/mol. The molecule has 1 aliphatic heterocycles. The zero-order valence-electron chi connectivity index (χ0n) is 12.6. The van der Waals surface area contributed by atoms with Gasteiger partial charge in [-0.05, 0) is 6.07 Å². The number of fused-ring (bicyclic) bond motifs is 1. The van der Waals surface area contributed by atoms with Crippen LogP contribution >= 0.6 is 0 Å². The normalized spacial score (nSPS) is 13.8. The van der Waals surface area contributed by atoms with E-state index in [0.29, 0.717) is 34.4 Å². The van der Waals surface area contributed by atoms with Crippen molar-refractivity contribution in [3.63, 3.8) is 0 Å². The molecule has 9 heteroatoms. The summed E-state index contributed by atoms with van der Waals surface area (Å²) in [6.07, 6.45) is -4.35. The lowest BCUT2D eigenvalue weighted by molar-refractivity contribution is -0.139. The highest BCUT2D eigenvalue weighted by molar-refractivity contribution is 5.47. The summed E-state index contributed by atoms with van der Waals surface area (Å²) in [5, 5.41) is 0. The van der Waals surface area contributed by atoms with Crippen LogP contribution in [-0.2, 0) is 19.8 Å². The van der Waals surface area contributed by atoms with Crippen LogP contribution in [0.25, 0.3) is 0 Å². The minimum absolute atomic E-state index is 0.277. The molecule has 0 atom stereocenters. The smallest absolute Gasteiger partial charge is 0.423 e. The maximum absolute atomic E-state index is 13.0. The Balaban J connectivity index is 2.14. The van der Waals surface area contributed by atoms with Gasteiger partial charge in [0.05, 0.1) is 6.54 Å². The first-order chi connectivity index (χ1) is 11.3. The molecule has 0 bridgehead atoms. The minimum Gasteiger partial charge on any atom is -0.486 e. The summed E-state index contributed by atoms with van der Waals surface area (Å²) in [6, 6.07) is 4.83. The molecule has 2 aromatic rings. The molecule has 0 amide bonds. The molecule has 3 rings (SSSR count). The SMILES string of the molecule is Cn1cc(C(F)(F)F)c(=O)n(Cc2cccc3c2OCCO3)c1=O. The summed E-state index contributed by atoms with van der Waals surface area (Å²) in [5.41, 5.74) is -3.24. The van der Waals surface area contributed by atoms with Crippen molar-refractivity contribution in [2.45, 2.75) is 12.7 Å². The topological polar surface area (TPSA) is 62.5 Å². The number of benzene rings is 1. The van der Waals surface area contributed by atoms with Crippen molar-refractivity contribution in [1.82, 2.24) is 9.13 Å². The van der Waals surface area contributed by atoms with Crippen LogP contribution in [0.3, 0.4) is 0 Å². The number of ether oxygens (including phenoxy) is 2. The van der Waals surface area contributed by atoms with Crippen LogP contribution in [0.1, 0.15) is 11.1 Å². The standard InChI is InChI=1S/C15H13F3N2O4/c1-19-8-10(15(16,17)18)13(21)20(14(19)22)7-9-3-2-4-11-12(9)24-6-5-23-11/h2-4,8H,5-7H2,1H3. The second-order valence-electron chi connectivity index (χ2n) is 5.27. The molecule has 0 fully saturated rings. The largest absolute Gasteiger partial charge is 0.486 e. The Hall–Kier alpha value is -2.71. The Morgan fingerprint density at radius 2 is 1.88 bits per heavy atom. The van der Waals surface area contributed by atoms with Crippen molar-refractivity contribution in [1.29, 1.82) is 0 Å². The van der Waals surface area contributed by atoms with E-state index in [1.165, 1.54) is 0 Å². The Kier molecular flexibility index (Phi) is 3.86. The molecule has 0 aliphatic carbocycles. The molecule has 0 radical (unpaired) electrons. The number of aromatic nitrogens is 2. The Morgan fingerprint density at radius 1 is 1.17 bits per heavy atom. The maximum atomic E-state index is 13.0. The van der Waals surface area contributed by atoms with Gasteiger partial charge in [-0.2, -0.15) is 13.2 Å². The highest BCUT2D eigenvalue weighted by Gasteiger charge is 2.36. The second-order valence-corrected chi connectivity index (χ2v) is 5.27. The predicted octanol–water partition coefficient (Wildman–Crippen LogP) is 1.39.